The molecular formula is C20H18ClN5O2. The van der Waals surface area contributed by atoms with E-state index in [1.807, 2.05) is 6.92 Å². The van der Waals surface area contributed by atoms with E-state index in [-0.39, 0.29) is 11.5 Å². The highest BCUT2D eigenvalue weighted by molar-refractivity contribution is 6.30. The molecule has 0 unspecified atom stereocenters. The van der Waals surface area contributed by atoms with Crippen molar-refractivity contribution in [3.63, 3.8) is 0 Å². The Morgan fingerprint density at radius 2 is 2.18 bits per heavy atom. The SMILES string of the molecule is Cc1c(C#N)c(Cl)nc2c1CCC2.N=C(c1cnco1)c1cc(O)ccc1N. The fourth-order valence-corrected chi connectivity index (χ4v) is 3.38. The smallest absolute Gasteiger partial charge is 0.181 e. The molecule has 142 valence electrons. The topological polar surface area (TPSA) is 133 Å². The standard InChI is InChI=1S/C10H9ClN2.C10H9N3O2/c1-6-7-3-2-4-9(7)13-10(11)8(6)5-12;11-8-2-1-6(14)3-7(8)10(12)9-4-13-5-15-9/h2-4H2,1H3;1-5,12,14H,11H2. The molecule has 4 rings (SSSR count). The molecule has 2 heterocycles. The first-order chi connectivity index (χ1) is 13.4. The highest BCUT2D eigenvalue weighted by Gasteiger charge is 2.19. The zero-order chi connectivity index (χ0) is 20.3. The van der Waals surface area contributed by atoms with Crippen molar-refractivity contribution in [3.05, 3.63) is 69.7 Å². The minimum Gasteiger partial charge on any atom is -0.508 e. The number of phenolic OH excluding ortho intramolecular Hbond substituents is 1. The maximum atomic E-state index is 9.29. The molecule has 0 bridgehead atoms. The Hall–Kier alpha value is -3.37. The molecule has 0 aliphatic heterocycles. The number of anilines is 1. The minimum absolute atomic E-state index is 0.0588. The van der Waals surface area contributed by atoms with Gasteiger partial charge in [-0.3, -0.25) is 5.41 Å². The Morgan fingerprint density at radius 3 is 2.86 bits per heavy atom. The van der Waals surface area contributed by atoms with Crippen molar-refractivity contribution in [2.24, 2.45) is 0 Å². The van der Waals surface area contributed by atoms with E-state index in [4.69, 9.17) is 32.4 Å². The third-order valence-corrected chi connectivity index (χ3v) is 4.83. The number of hydrogen-bond acceptors (Lipinski definition) is 7. The van der Waals surface area contributed by atoms with E-state index in [1.54, 1.807) is 0 Å². The Morgan fingerprint density at radius 1 is 1.39 bits per heavy atom. The van der Waals surface area contributed by atoms with E-state index in [9.17, 15) is 5.11 Å². The number of aromatic nitrogens is 2. The van der Waals surface area contributed by atoms with Crippen LogP contribution in [-0.4, -0.2) is 20.8 Å². The number of aromatic hydroxyl groups is 1. The van der Waals surface area contributed by atoms with Crippen molar-refractivity contribution in [2.45, 2.75) is 26.2 Å². The number of oxazole rings is 1. The van der Waals surface area contributed by atoms with Gasteiger partial charge in [0.2, 0.25) is 0 Å². The second-order valence-corrected chi connectivity index (χ2v) is 6.66. The summed E-state index contributed by atoms with van der Waals surface area (Å²) in [5.41, 5.74) is 10.5. The number of nitrogen functional groups attached to an aromatic ring is 1. The van der Waals surface area contributed by atoms with Crippen molar-refractivity contribution < 1.29 is 9.52 Å². The third kappa shape index (κ3) is 3.82. The molecule has 0 atom stereocenters. The largest absolute Gasteiger partial charge is 0.508 e. The van der Waals surface area contributed by atoms with E-state index >= 15 is 0 Å². The Balaban J connectivity index is 0.000000162. The molecule has 8 heteroatoms. The number of nitrogens with zero attached hydrogens (tertiary/aromatic N) is 3. The monoisotopic (exact) mass is 395 g/mol. The second kappa shape index (κ2) is 8.11. The fraction of sp³-hybridized carbons (Fsp3) is 0.200. The van der Waals surface area contributed by atoms with Gasteiger partial charge in [0.15, 0.2) is 12.2 Å². The first kappa shape index (κ1) is 19.4. The zero-order valence-corrected chi connectivity index (χ0v) is 15.9. The average molecular weight is 396 g/mol. The van der Waals surface area contributed by atoms with Crippen LogP contribution in [-0.2, 0) is 12.8 Å². The molecular weight excluding hydrogens is 378 g/mol. The lowest BCUT2D eigenvalue weighted by Crippen LogP contribution is -2.04. The summed E-state index contributed by atoms with van der Waals surface area (Å²) in [6, 6.07) is 6.52. The van der Waals surface area contributed by atoms with E-state index in [0.29, 0.717) is 27.7 Å². The number of fused-ring (bicyclic) bond motifs is 1. The summed E-state index contributed by atoms with van der Waals surface area (Å²) >= 11 is 5.88. The first-order valence-corrected chi connectivity index (χ1v) is 8.94. The Bertz CT molecular complexity index is 1070. The molecule has 7 nitrogen and oxygen atoms in total. The maximum absolute atomic E-state index is 9.29. The molecule has 3 aromatic rings. The van der Waals surface area contributed by atoms with Gasteiger partial charge in [-0.15, -0.1) is 0 Å². The van der Waals surface area contributed by atoms with Gasteiger partial charge in [-0.05, 0) is 55.5 Å². The number of aryl methyl sites for hydroxylation is 1. The number of nitrogens with one attached hydrogen (secondary N) is 1. The van der Waals surface area contributed by atoms with Gasteiger partial charge in [-0.2, -0.15) is 5.26 Å². The zero-order valence-electron chi connectivity index (χ0n) is 15.2. The van der Waals surface area contributed by atoms with E-state index in [0.717, 1.165) is 30.5 Å². The van der Waals surface area contributed by atoms with Crippen LogP contribution in [0.2, 0.25) is 5.15 Å². The number of nitrogens with two attached hydrogens (primary N) is 1. The molecule has 28 heavy (non-hydrogen) atoms. The van der Waals surface area contributed by atoms with E-state index < -0.39 is 0 Å². The van der Waals surface area contributed by atoms with Gasteiger partial charge in [0.25, 0.3) is 0 Å². The molecule has 1 aliphatic rings. The normalized spacial score (nSPS) is 11.9. The van der Waals surface area contributed by atoms with Gasteiger partial charge in [0.05, 0.1) is 11.8 Å². The molecule has 0 fully saturated rings. The third-order valence-electron chi connectivity index (χ3n) is 4.55. The van der Waals surface area contributed by atoms with Crippen molar-refractivity contribution in [3.8, 4) is 11.8 Å². The lowest BCUT2D eigenvalue weighted by Gasteiger charge is -2.06. The molecule has 1 aliphatic carbocycles. The summed E-state index contributed by atoms with van der Waals surface area (Å²) in [5.74, 6) is 0.371. The summed E-state index contributed by atoms with van der Waals surface area (Å²) in [5, 5.41) is 26.3. The second-order valence-electron chi connectivity index (χ2n) is 6.31. The molecule has 0 spiro atoms. The summed E-state index contributed by atoms with van der Waals surface area (Å²) < 4.78 is 4.97. The number of halogens is 1. The van der Waals surface area contributed by atoms with E-state index in [2.05, 4.69) is 16.0 Å². The minimum atomic E-state index is 0.0588. The van der Waals surface area contributed by atoms with Crippen molar-refractivity contribution in [1.29, 1.82) is 10.7 Å². The highest BCUT2D eigenvalue weighted by atomic mass is 35.5. The number of benzene rings is 1. The van der Waals surface area contributed by atoms with Crippen LogP contribution >= 0.6 is 11.6 Å². The lowest BCUT2D eigenvalue weighted by molar-refractivity contribution is 0.475. The van der Waals surface area contributed by atoms with Crippen LogP contribution in [0.4, 0.5) is 5.69 Å². The average Bonchev–Trinajstić information content (AvgIpc) is 3.36. The number of nitriles is 1. The van der Waals surface area contributed by atoms with Gasteiger partial charge < -0.3 is 15.3 Å². The molecule has 0 radical (unpaired) electrons. The summed E-state index contributed by atoms with van der Waals surface area (Å²) in [6.07, 6.45) is 5.84. The Kier molecular flexibility index (Phi) is 5.62. The summed E-state index contributed by atoms with van der Waals surface area (Å²) in [4.78, 5) is 7.94. The predicted octanol–water partition coefficient (Wildman–Crippen LogP) is 3.78. The molecule has 0 saturated heterocycles. The summed E-state index contributed by atoms with van der Waals surface area (Å²) in [7, 11) is 0. The number of hydrogen-bond donors (Lipinski definition) is 3. The summed E-state index contributed by atoms with van der Waals surface area (Å²) in [6.45, 7) is 1.95. The Labute approximate surface area is 166 Å². The van der Waals surface area contributed by atoms with Crippen molar-refractivity contribution in [2.75, 3.05) is 5.73 Å². The van der Waals surface area contributed by atoms with Crippen LogP contribution in [0.5, 0.6) is 5.75 Å². The van der Waals surface area contributed by atoms with Crippen LogP contribution in [0.25, 0.3) is 0 Å². The molecule has 0 saturated carbocycles. The van der Waals surface area contributed by atoms with Crippen LogP contribution in [0.15, 0.2) is 35.2 Å². The maximum Gasteiger partial charge on any atom is 0.181 e. The fourth-order valence-electron chi connectivity index (χ4n) is 3.10. The molecule has 2 aromatic heterocycles. The van der Waals surface area contributed by atoms with Crippen molar-refractivity contribution >= 4 is 23.0 Å². The highest BCUT2D eigenvalue weighted by Crippen LogP contribution is 2.29. The van der Waals surface area contributed by atoms with Crippen LogP contribution in [0, 0.1) is 23.7 Å². The number of phenols is 1. The van der Waals surface area contributed by atoms with Gasteiger partial charge in [-0.25, -0.2) is 9.97 Å². The number of pyridine rings is 1. The molecule has 1 aromatic carbocycles. The predicted molar refractivity (Wildman–Crippen MR) is 106 cm³/mol. The van der Waals surface area contributed by atoms with Crippen molar-refractivity contribution in [1.82, 2.24) is 9.97 Å². The van der Waals surface area contributed by atoms with Gasteiger partial charge in [-0.1, -0.05) is 11.6 Å². The van der Waals surface area contributed by atoms with E-state index in [1.165, 1.54) is 36.4 Å². The van der Waals surface area contributed by atoms with Gasteiger partial charge in [0, 0.05) is 16.9 Å². The van der Waals surface area contributed by atoms with Crippen LogP contribution in [0.3, 0.4) is 0 Å². The quantitative estimate of drug-likeness (QED) is 0.261. The lowest BCUT2D eigenvalue weighted by atomic mass is 10.0. The van der Waals surface area contributed by atoms with Gasteiger partial charge >= 0.3 is 0 Å². The van der Waals surface area contributed by atoms with Crippen LogP contribution < -0.4 is 5.73 Å². The van der Waals surface area contributed by atoms with Gasteiger partial charge in [0.1, 0.15) is 22.7 Å². The molecule has 0 amide bonds. The number of rotatable bonds is 2. The van der Waals surface area contributed by atoms with Crippen LogP contribution in [0.1, 0.15) is 40.1 Å². The molecule has 4 N–H and O–H groups in total. The first-order valence-electron chi connectivity index (χ1n) is 8.56.